The molecule has 2 aromatic carbocycles. The zero-order valence-electron chi connectivity index (χ0n) is 17.1. The normalized spacial score (nSPS) is 19.8. The molecular formula is C23H26N4O3. The fraction of sp³-hybridized carbons (Fsp3) is 0.348. The molecule has 2 fully saturated rings. The maximum Gasteiger partial charge on any atom is 0.256 e. The van der Waals surface area contributed by atoms with Crippen molar-refractivity contribution in [3.05, 3.63) is 60.2 Å². The van der Waals surface area contributed by atoms with Crippen LogP contribution in [-0.2, 0) is 9.59 Å². The van der Waals surface area contributed by atoms with E-state index in [1.54, 1.807) is 29.2 Å². The van der Waals surface area contributed by atoms with Gasteiger partial charge in [0.2, 0.25) is 11.8 Å². The monoisotopic (exact) mass is 406 g/mol. The molecule has 0 aromatic heterocycles. The van der Waals surface area contributed by atoms with E-state index in [1.165, 1.54) is 0 Å². The Bertz CT molecular complexity index is 938. The molecule has 2 aliphatic heterocycles. The molecule has 2 heterocycles. The number of piperazine rings is 1. The maximum absolute atomic E-state index is 13.0. The Labute approximate surface area is 176 Å². The molecular weight excluding hydrogens is 380 g/mol. The van der Waals surface area contributed by atoms with Gasteiger partial charge in [-0.1, -0.05) is 30.3 Å². The van der Waals surface area contributed by atoms with Crippen molar-refractivity contribution in [2.45, 2.75) is 6.42 Å². The number of hydrogen-bond acceptors (Lipinski definition) is 4. The zero-order chi connectivity index (χ0) is 21.1. The van der Waals surface area contributed by atoms with Crippen LogP contribution in [0, 0.1) is 5.92 Å². The van der Waals surface area contributed by atoms with Crippen molar-refractivity contribution in [2.75, 3.05) is 50.0 Å². The quantitative estimate of drug-likeness (QED) is 0.844. The third-order valence-electron chi connectivity index (χ3n) is 5.77. The molecule has 2 aromatic rings. The van der Waals surface area contributed by atoms with E-state index < -0.39 is 5.92 Å². The SMILES string of the molecule is CN1CCN(C(=O)c2ccccc2NC(=O)[C@@H]2CC(=O)N(c3ccccc3)C2)CC1. The first kappa shape index (κ1) is 20.1. The standard InChI is InChI=1S/C23H26N4O3/c1-25-11-13-26(14-12-25)23(30)19-9-5-6-10-20(19)24-22(29)17-15-21(28)27(16-17)18-7-3-2-4-8-18/h2-10,17H,11-16H2,1H3,(H,24,29)/t17-/m1/s1. The van der Waals surface area contributed by atoms with Crippen molar-refractivity contribution in [1.82, 2.24) is 9.80 Å². The molecule has 7 nitrogen and oxygen atoms in total. The minimum atomic E-state index is -0.454. The van der Waals surface area contributed by atoms with E-state index in [9.17, 15) is 14.4 Å². The second-order valence-electron chi connectivity index (χ2n) is 7.87. The van der Waals surface area contributed by atoms with Gasteiger partial charge in [0.25, 0.3) is 5.91 Å². The van der Waals surface area contributed by atoms with Gasteiger partial charge >= 0.3 is 0 Å². The number of benzene rings is 2. The molecule has 156 valence electrons. The van der Waals surface area contributed by atoms with Crippen LogP contribution in [0.15, 0.2) is 54.6 Å². The summed E-state index contributed by atoms with van der Waals surface area (Å²) >= 11 is 0. The molecule has 1 N–H and O–H groups in total. The van der Waals surface area contributed by atoms with Crippen molar-refractivity contribution >= 4 is 29.1 Å². The van der Waals surface area contributed by atoms with Gasteiger partial charge in [0.15, 0.2) is 0 Å². The van der Waals surface area contributed by atoms with Gasteiger partial charge in [0.05, 0.1) is 17.2 Å². The van der Waals surface area contributed by atoms with Gasteiger partial charge in [-0.25, -0.2) is 0 Å². The molecule has 2 saturated heterocycles. The first-order valence-electron chi connectivity index (χ1n) is 10.3. The fourth-order valence-corrected chi connectivity index (χ4v) is 3.93. The summed E-state index contributed by atoms with van der Waals surface area (Å²) in [6.07, 6.45) is 0.162. The Morgan fingerprint density at radius 2 is 1.60 bits per heavy atom. The zero-order valence-corrected chi connectivity index (χ0v) is 17.1. The van der Waals surface area contributed by atoms with Gasteiger partial charge in [0.1, 0.15) is 0 Å². The topological polar surface area (TPSA) is 73.0 Å². The molecule has 1 atom stereocenters. The van der Waals surface area contributed by atoms with E-state index in [0.29, 0.717) is 30.9 Å². The molecule has 3 amide bonds. The van der Waals surface area contributed by atoms with Crippen LogP contribution in [0.2, 0.25) is 0 Å². The summed E-state index contributed by atoms with van der Waals surface area (Å²) in [7, 11) is 2.04. The number of anilines is 2. The number of amides is 3. The summed E-state index contributed by atoms with van der Waals surface area (Å²) in [5.74, 6) is -0.833. The molecule has 2 aliphatic rings. The third-order valence-corrected chi connectivity index (χ3v) is 5.77. The van der Waals surface area contributed by atoms with E-state index >= 15 is 0 Å². The van der Waals surface area contributed by atoms with Crippen LogP contribution in [0.3, 0.4) is 0 Å². The highest BCUT2D eigenvalue weighted by Crippen LogP contribution is 2.26. The second-order valence-corrected chi connectivity index (χ2v) is 7.87. The Morgan fingerprint density at radius 1 is 0.933 bits per heavy atom. The number of nitrogens with one attached hydrogen (secondary N) is 1. The average Bonchev–Trinajstić information content (AvgIpc) is 3.16. The number of para-hydroxylation sites is 2. The van der Waals surface area contributed by atoms with E-state index in [2.05, 4.69) is 10.2 Å². The summed E-state index contributed by atoms with van der Waals surface area (Å²) in [6.45, 7) is 3.34. The van der Waals surface area contributed by atoms with Gasteiger partial charge < -0.3 is 20.0 Å². The van der Waals surface area contributed by atoms with Crippen LogP contribution in [0.25, 0.3) is 0 Å². The Kier molecular flexibility index (Phi) is 5.81. The lowest BCUT2D eigenvalue weighted by Crippen LogP contribution is -2.47. The Hall–Kier alpha value is -3.19. The Morgan fingerprint density at radius 3 is 2.33 bits per heavy atom. The molecule has 7 heteroatoms. The van der Waals surface area contributed by atoms with Crippen molar-refractivity contribution in [3.63, 3.8) is 0 Å². The predicted octanol–water partition coefficient (Wildman–Crippen LogP) is 2.07. The van der Waals surface area contributed by atoms with Gasteiger partial charge in [-0.3, -0.25) is 14.4 Å². The van der Waals surface area contributed by atoms with Crippen LogP contribution in [0.5, 0.6) is 0 Å². The van der Waals surface area contributed by atoms with Gasteiger partial charge in [-0.15, -0.1) is 0 Å². The highest BCUT2D eigenvalue weighted by atomic mass is 16.2. The number of carbonyl (C=O) groups is 3. The first-order valence-corrected chi connectivity index (χ1v) is 10.3. The van der Waals surface area contributed by atoms with Crippen molar-refractivity contribution in [1.29, 1.82) is 0 Å². The average molecular weight is 406 g/mol. The molecule has 0 aliphatic carbocycles. The van der Waals surface area contributed by atoms with Crippen LogP contribution >= 0.6 is 0 Å². The van der Waals surface area contributed by atoms with E-state index in [0.717, 1.165) is 18.8 Å². The number of nitrogens with zero attached hydrogens (tertiary/aromatic N) is 3. The summed E-state index contributed by atoms with van der Waals surface area (Å²) in [5, 5.41) is 2.90. The summed E-state index contributed by atoms with van der Waals surface area (Å²) < 4.78 is 0. The van der Waals surface area contributed by atoms with E-state index in [-0.39, 0.29) is 24.1 Å². The number of likely N-dealkylation sites (N-methyl/N-ethyl adjacent to an activating group) is 1. The minimum Gasteiger partial charge on any atom is -0.336 e. The lowest BCUT2D eigenvalue weighted by molar-refractivity contribution is -0.122. The van der Waals surface area contributed by atoms with Gasteiger partial charge in [-0.05, 0) is 31.3 Å². The first-order chi connectivity index (χ1) is 14.5. The Balaban J connectivity index is 1.45. The lowest BCUT2D eigenvalue weighted by atomic mass is 10.1. The number of rotatable bonds is 4. The molecule has 0 unspecified atom stereocenters. The highest BCUT2D eigenvalue weighted by molar-refractivity contribution is 6.07. The highest BCUT2D eigenvalue weighted by Gasteiger charge is 2.35. The predicted molar refractivity (Wildman–Crippen MR) is 115 cm³/mol. The second kappa shape index (κ2) is 8.67. The van der Waals surface area contributed by atoms with Crippen LogP contribution in [0.4, 0.5) is 11.4 Å². The minimum absolute atomic E-state index is 0.0665. The van der Waals surface area contributed by atoms with Gasteiger partial charge in [0, 0.05) is 44.8 Å². The number of carbonyl (C=O) groups excluding carboxylic acids is 3. The molecule has 0 radical (unpaired) electrons. The van der Waals surface area contributed by atoms with E-state index in [4.69, 9.17) is 0 Å². The molecule has 4 rings (SSSR count). The van der Waals surface area contributed by atoms with Crippen molar-refractivity contribution < 1.29 is 14.4 Å². The van der Waals surface area contributed by atoms with Crippen molar-refractivity contribution in [2.24, 2.45) is 5.92 Å². The summed E-state index contributed by atoms with van der Waals surface area (Å²) in [4.78, 5) is 44.0. The molecule has 0 spiro atoms. The smallest absolute Gasteiger partial charge is 0.256 e. The largest absolute Gasteiger partial charge is 0.336 e. The summed E-state index contributed by atoms with van der Waals surface area (Å²) in [6, 6.07) is 16.4. The van der Waals surface area contributed by atoms with Crippen LogP contribution < -0.4 is 10.2 Å². The number of hydrogen-bond donors (Lipinski definition) is 1. The van der Waals surface area contributed by atoms with Crippen LogP contribution in [0.1, 0.15) is 16.8 Å². The lowest BCUT2D eigenvalue weighted by Gasteiger charge is -2.32. The third kappa shape index (κ3) is 4.21. The van der Waals surface area contributed by atoms with Gasteiger partial charge in [-0.2, -0.15) is 0 Å². The summed E-state index contributed by atoms with van der Waals surface area (Å²) in [5.41, 5.74) is 1.78. The maximum atomic E-state index is 13.0. The molecule has 0 bridgehead atoms. The molecule has 0 saturated carbocycles. The van der Waals surface area contributed by atoms with Crippen molar-refractivity contribution in [3.8, 4) is 0 Å². The van der Waals surface area contributed by atoms with Crippen LogP contribution in [-0.4, -0.2) is 67.3 Å². The fourth-order valence-electron chi connectivity index (χ4n) is 3.93. The molecule has 30 heavy (non-hydrogen) atoms. The van der Waals surface area contributed by atoms with E-state index in [1.807, 2.05) is 42.3 Å².